The first kappa shape index (κ1) is 21.0. The summed E-state index contributed by atoms with van der Waals surface area (Å²) >= 11 is 0. The number of carbonyl (C=O) groups excluding carboxylic acids is 1. The molecule has 2 fully saturated rings. The Labute approximate surface area is 188 Å². The standard InChI is InChI=1S/C26H30FN3O2/c1-17-5-7-20-8-9-21(29-14-19-4-3-11-28-24(19)16-29)15-30(20)26(31)13-22(17)18-6-10-25(32-2)23(27)12-18/h6-10,12-13,15,17,19,24,28H,3-5,11,14,16H2,1-2H3. The lowest BCUT2D eigenvalue weighted by atomic mass is 9.89. The second-order valence-electron chi connectivity index (χ2n) is 9.18. The number of carbonyl (C=O) groups is 1. The number of ether oxygens (including phenoxy) is 1. The van der Waals surface area contributed by atoms with E-state index in [0.29, 0.717) is 17.5 Å². The van der Waals surface area contributed by atoms with Crippen molar-refractivity contribution < 1.29 is 13.9 Å². The summed E-state index contributed by atoms with van der Waals surface area (Å²) in [6.07, 6.45) is 13.2. The molecule has 0 bridgehead atoms. The number of allylic oxidation sites excluding steroid dienone is 4. The Kier molecular flexibility index (Phi) is 5.64. The van der Waals surface area contributed by atoms with Gasteiger partial charge in [0, 0.05) is 37.1 Å². The molecule has 5 nitrogen and oxygen atoms in total. The van der Waals surface area contributed by atoms with Gasteiger partial charge in [-0.1, -0.05) is 19.1 Å². The van der Waals surface area contributed by atoms with Crippen molar-refractivity contribution in [2.24, 2.45) is 11.8 Å². The van der Waals surface area contributed by atoms with Gasteiger partial charge in [-0.3, -0.25) is 9.69 Å². The smallest absolute Gasteiger partial charge is 0.255 e. The molecule has 5 rings (SSSR count). The zero-order chi connectivity index (χ0) is 22.2. The Hall–Kier alpha value is -2.86. The molecule has 0 radical (unpaired) electrons. The summed E-state index contributed by atoms with van der Waals surface area (Å²) < 4.78 is 19.4. The number of piperidine rings is 1. The second-order valence-corrected chi connectivity index (χ2v) is 9.18. The summed E-state index contributed by atoms with van der Waals surface area (Å²) in [5.74, 6) is 0.445. The number of hydrogen-bond acceptors (Lipinski definition) is 4. The zero-order valence-corrected chi connectivity index (χ0v) is 18.7. The van der Waals surface area contributed by atoms with Gasteiger partial charge < -0.3 is 15.0 Å². The van der Waals surface area contributed by atoms with E-state index in [2.05, 4.69) is 29.3 Å². The molecule has 168 valence electrons. The van der Waals surface area contributed by atoms with Crippen LogP contribution in [0.25, 0.3) is 5.57 Å². The molecule has 1 N–H and O–H groups in total. The molecule has 0 aliphatic carbocycles. The summed E-state index contributed by atoms with van der Waals surface area (Å²) in [5, 5.41) is 3.64. The first-order chi connectivity index (χ1) is 15.5. The fraction of sp³-hybridized carbons (Fsp3) is 0.423. The molecule has 2 saturated heterocycles. The van der Waals surface area contributed by atoms with Gasteiger partial charge in [0.15, 0.2) is 11.6 Å². The maximum Gasteiger partial charge on any atom is 0.255 e. The highest BCUT2D eigenvalue weighted by molar-refractivity contribution is 5.98. The Morgan fingerprint density at radius 3 is 2.81 bits per heavy atom. The number of likely N-dealkylation sites (tertiary alicyclic amines) is 1. The van der Waals surface area contributed by atoms with Crippen LogP contribution in [-0.4, -0.2) is 48.5 Å². The molecule has 1 amide bonds. The molecule has 0 saturated carbocycles. The summed E-state index contributed by atoms with van der Waals surface area (Å²) in [6, 6.07) is 5.43. The third kappa shape index (κ3) is 3.88. The Bertz CT molecular complexity index is 1030. The summed E-state index contributed by atoms with van der Waals surface area (Å²) in [4.78, 5) is 17.5. The van der Waals surface area contributed by atoms with Crippen molar-refractivity contribution >= 4 is 11.5 Å². The van der Waals surface area contributed by atoms with Crippen LogP contribution in [0.1, 0.15) is 31.7 Å². The molecule has 4 aliphatic heterocycles. The van der Waals surface area contributed by atoms with Crippen LogP contribution < -0.4 is 10.1 Å². The van der Waals surface area contributed by atoms with E-state index in [4.69, 9.17) is 4.74 Å². The Morgan fingerprint density at radius 2 is 2.03 bits per heavy atom. The molecule has 0 aromatic heterocycles. The van der Waals surface area contributed by atoms with Crippen molar-refractivity contribution in [2.75, 3.05) is 26.7 Å². The van der Waals surface area contributed by atoms with Crippen molar-refractivity contribution in [1.82, 2.24) is 15.1 Å². The van der Waals surface area contributed by atoms with E-state index in [1.807, 2.05) is 18.3 Å². The molecule has 4 aliphatic rings. The van der Waals surface area contributed by atoms with Gasteiger partial charge in [0.2, 0.25) is 0 Å². The second kappa shape index (κ2) is 8.58. The summed E-state index contributed by atoms with van der Waals surface area (Å²) in [6.45, 7) is 5.17. The van der Waals surface area contributed by atoms with E-state index < -0.39 is 5.82 Å². The van der Waals surface area contributed by atoms with Crippen molar-refractivity contribution in [3.63, 3.8) is 0 Å². The number of hydrogen-bond donors (Lipinski definition) is 1. The van der Waals surface area contributed by atoms with Crippen LogP contribution in [0.4, 0.5) is 4.39 Å². The lowest BCUT2D eigenvalue weighted by Gasteiger charge is -2.30. The molecule has 4 heterocycles. The SMILES string of the molecule is COc1ccc(C2=CC(=O)N3C=C(N4CC5CCCNC5C4)C=CC3=CCC2C)cc1F. The van der Waals surface area contributed by atoms with Crippen LogP contribution in [0.2, 0.25) is 0 Å². The molecular weight excluding hydrogens is 405 g/mol. The minimum absolute atomic E-state index is 0.0907. The molecule has 1 aromatic carbocycles. The highest BCUT2D eigenvalue weighted by atomic mass is 19.1. The first-order valence-corrected chi connectivity index (χ1v) is 11.5. The van der Waals surface area contributed by atoms with E-state index in [-0.39, 0.29) is 17.6 Å². The normalized spacial score (nSPS) is 27.7. The number of halogens is 1. The van der Waals surface area contributed by atoms with Crippen molar-refractivity contribution in [2.45, 2.75) is 32.2 Å². The van der Waals surface area contributed by atoms with Crippen LogP contribution in [0.3, 0.4) is 0 Å². The maximum absolute atomic E-state index is 14.3. The van der Waals surface area contributed by atoms with Gasteiger partial charge in [-0.05, 0) is 73.1 Å². The largest absolute Gasteiger partial charge is 0.494 e. The fourth-order valence-electron chi connectivity index (χ4n) is 5.29. The van der Waals surface area contributed by atoms with Crippen molar-refractivity contribution in [3.8, 4) is 5.75 Å². The van der Waals surface area contributed by atoms with Crippen LogP contribution >= 0.6 is 0 Å². The number of amides is 1. The molecule has 6 heteroatoms. The lowest BCUT2D eigenvalue weighted by Crippen LogP contribution is -2.40. The Morgan fingerprint density at radius 1 is 1.19 bits per heavy atom. The predicted octanol–water partition coefficient (Wildman–Crippen LogP) is 4.07. The molecule has 32 heavy (non-hydrogen) atoms. The lowest BCUT2D eigenvalue weighted by molar-refractivity contribution is -0.122. The van der Waals surface area contributed by atoms with Gasteiger partial charge >= 0.3 is 0 Å². The molecule has 1 aromatic rings. The van der Waals surface area contributed by atoms with Crippen LogP contribution in [0.15, 0.2) is 60.1 Å². The van der Waals surface area contributed by atoms with E-state index in [1.165, 1.54) is 26.0 Å². The minimum Gasteiger partial charge on any atom is -0.494 e. The van der Waals surface area contributed by atoms with Gasteiger partial charge in [-0.25, -0.2) is 4.39 Å². The number of benzene rings is 1. The predicted molar refractivity (Wildman–Crippen MR) is 123 cm³/mol. The number of nitrogens with one attached hydrogen (secondary N) is 1. The number of methoxy groups -OCH3 is 1. The fourth-order valence-corrected chi connectivity index (χ4v) is 5.29. The number of nitrogens with zero attached hydrogens (tertiary/aromatic N) is 2. The highest BCUT2D eigenvalue weighted by Crippen LogP contribution is 2.34. The quantitative estimate of drug-likeness (QED) is 0.778. The van der Waals surface area contributed by atoms with Crippen LogP contribution in [0.5, 0.6) is 5.75 Å². The van der Waals surface area contributed by atoms with Gasteiger partial charge in [-0.2, -0.15) is 0 Å². The summed E-state index contributed by atoms with van der Waals surface area (Å²) in [7, 11) is 1.45. The van der Waals surface area contributed by atoms with Gasteiger partial charge in [-0.15, -0.1) is 0 Å². The average Bonchev–Trinajstić information content (AvgIpc) is 3.24. The van der Waals surface area contributed by atoms with E-state index >= 15 is 0 Å². The third-order valence-electron chi connectivity index (χ3n) is 7.14. The van der Waals surface area contributed by atoms with Crippen molar-refractivity contribution in [1.29, 1.82) is 0 Å². The van der Waals surface area contributed by atoms with Crippen molar-refractivity contribution in [3.05, 3.63) is 71.5 Å². The van der Waals surface area contributed by atoms with Gasteiger partial charge in [0.05, 0.1) is 12.8 Å². The topological polar surface area (TPSA) is 44.8 Å². The summed E-state index contributed by atoms with van der Waals surface area (Å²) in [5.41, 5.74) is 3.53. The highest BCUT2D eigenvalue weighted by Gasteiger charge is 2.35. The van der Waals surface area contributed by atoms with E-state index in [1.54, 1.807) is 17.0 Å². The average molecular weight is 436 g/mol. The molecule has 3 atom stereocenters. The Balaban J connectivity index is 1.42. The van der Waals surface area contributed by atoms with Gasteiger partial charge in [0.1, 0.15) is 0 Å². The number of fused-ring (bicyclic) bond motifs is 2. The molecule has 3 unspecified atom stereocenters. The molecular formula is C26H30FN3O2. The van der Waals surface area contributed by atoms with Crippen LogP contribution in [0, 0.1) is 17.7 Å². The van der Waals surface area contributed by atoms with Gasteiger partial charge in [0.25, 0.3) is 5.91 Å². The molecule has 0 spiro atoms. The minimum atomic E-state index is -0.420. The maximum atomic E-state index is 14.3. The third-order valence-corrected chi connectivity index (χ3v) is 7.14. The first-order valence-electron chi connectivity index (χ1n) is 11.5. The zero-order valence-electron chi connectivity index (χ0n) is 18.7. The van der Waals surface area contributed by atoms with Crippen LogP contribution in [-0.2, 0) is 4.79 Å². The number of rotatable bonds is 3. The van der Waals surface area contributed by atoms with E-state index in [0.717, 1.165) is 43.0 Å². The van der Waals surface area contributed by atoms with E-state index in [9.17, 15) is 9.18 Å². The monoisotopic (exact) mass is 435 g/mol.